The van der Waals surface area contributed by atoms with E-state index in [4.69, 9.17) is 14.2 Å². The van der Waals surface area contributed by atoms with Crippen LogP contribution < -0.4 is 14.2 Å². The number of amides is 1. The Kier molecular flexibility index (Phi) is 8.28. The van der Waals surface area contributed by atoms with E-state index < -0.39 is 17.7 Å². The van der Waals surface area contributed by atoms with Gasteiger partial charge in [-0.3, -0.25) is 14.6 Å². The molecule has 2 aliphatic rings. The third-order valence-corrected chi connectivity index (χ3v) is 7.32. The summed E-state index contributed by atoms with van der Waals surface area (Å²) in [4.78, 5) is 32.7. The van der Waals surface area contributed by atoms with Crippen LogP contribution in [0.25, 0.3) is 5.76 Å². The summed E-state index contributed by atoms with van der Waals surface area (Å²) in [6, 6.07) is 13.6. The van der Waals surface area contributed by atoms with Crippen molar-refractivity contribution in [2.75, 3.05) is 13.2 Å². The van der Waals surface area contributed by atoms with Crippen molar-refractivity contribution in [1.82, 2.24) is 9.88 Å². The Labute approximate surface area is 240 Å². The first kappa shape index (κ1) is 28.2. The van der Waals surface area contributed by atoms with Gasteiger partial charge in [-0.15, -0.1) is 0 Å². The highest BCUT2D eigenvalue weighted by Crippen LogP contribution is 2.43. The van der Waals surface area contributed by atoms with Gasteiger partial charge in [-0.2, -0.15) is 0 Å². The van der Waals surface area contributed by atoms with E-state index in [0.717, 1.165) is 23.3 Å². The number of hydrogen-bond acceptors (Lipinski definition) is 7. The first-order chi connectivity index (χ1) is 19.8. The van der Waals surface area contributed by atoms with Gasteiger partial charge in [0.2, 0.25) is 0 Å². The molecule has 8 heteroatoms. The molecule has 1 aromatic heterocycles. The second-order valence-corrected chi connectivity index (χ2v) is 10.9. The number of benzene rings is 2. The zero-order valence-corrected chi connectivity index (χ0v) is 23.9. The van der Waals surface area contributed by atoms with Crippen LogP contribution in [0.3, 0.4) is 0 Å². The van der Waals surface area contributed by atoms with Crippen LogP contribution in [0.5, 0.6) is 17.2 Å². The van der Waals surface area contributed by atoms with Crippen molar-refractivity contribution in [2.24, 2.45) is 5.92 Å². The highest BCUT2D eigenvalue weighted by Gasteiger charge is 2.46. The maximum absolute atomic E-state index is 13.6. The zero-order chi connectivity index (χ0) is 29.1. The third kappa shape index (κ3) is 5.92. The second kappa shape index (κ2) is 12.0. The molecular formula is C33H36N2O6. The number of carbonyl (C=O) groups is 2. The summed E-state index contributed by atoms with van der Waals surface area (Å²) in [5.41, 5.74) is 2.84. The van der Waals surface area contributed by atoms with Gasteiger partial charge in [0.25, 0.3) is 11.7 Å². The van der Waals surface area contributed by atoms with E-state index in [9.17, 15) is 14.7 Å². The molecule has 2 aliphatic heterocycles. The first-order valence-electron chi connectivity index (χ1n) is 14.1. The molecule has 3 heterocycles. The minimum absolute atomic E-state index is 0.0294. The van der Waals surface area contributed by atoms with Gasteiger partial charge >= 0.3 is 0 Å². The zero-order valence-electron chi connectivity index (χ0n) is 23.9. The Morgan fingerprint density at radius 2 is 1.95 bits per heavy atom. The summed E-state index contributed by atoms with van der Waals surface area (Å²) in [6.07, 6.45) is 4.94. The second-order valence-electron chi connectivity index (χ2n) is 10.9. The van der Waals surface area contributed by atoms with Crippen molar-refractivity contribution < 1.29 is 28.9 Å². The standard InChI is InChI=1S/C33H36N2O6/c1-5-39-28-17-23(8-11-27(28)40-14-12-20(2)3)30-29(31(36)24-9-10-26-25(16-24)15-21(4)41-26)32(37)33(38)35(30)19-22-7-6-13-34-18-22/h6-11,13,16-18,20-21,30,36H,5,12,14-15,19H2,1-4H3/t21-,30-/m1/s1. The molecule has 0 radical (unpaired) electrons. The van der Waals surface area contributed by atoms with Gasteiger partial charge in [-0.05, 0) is 79.3 Å². The van der Waals surface area contributed by atoms with Crippen molar-refractivity contribution >= 4 is 17.4 Å². The number of pyridine rings is 1. The Balaban J connectivity index is 1.60. The lowest BCUT2D eigenvalue weighted by atomic mass is 9.94. The summed E-state index contributed by atoms with van der Waals surface area (Å²) in [5.74, 6) is 0.714. The van der Waals surface area contributed by atoms with E-state index in [-0.39, 0.29) is 24.0 Å². The number of Topliss-reactive ketones (excluding diaryl/α,β-unsaturated/α-hetero) is 1. The highest BCUT2D eigenvalue weighted by molar-refractivity contribution is 6.46. The number of nitrogens with zero attached hydrogens (tertiary/aromatic N) is 2. The minimum Gasteiger partial charge on any atom is -0.507 e. The fourth-order valence-corrected chi connectivity index (χ4v) is 5.29. The van der Waals surface area contributed by atoms with E-state index in [1.807, 2.05) is 32.0 Å². The van der Waals surface area contributed by atoms with E-state index in [1.165, 1.54) is 4.90 Å². The Morgan fingerprint density at radius 3 is 2.68 bits per heavy atom. The molecule has 1 N–H and O–H groups in total. The SMILES string of the molecule is CCOc1cc([C@@H]2C(=C(O)c3ccc4c(c3)C[C@@H](C)O4)C(=O)C(=O)N2Cc2cccnc2)ccc1OCCC(C)C. The molecule has 1 fully saturated rings. The lowest BCUT2D eigenvalue weighted by Gasteiger charge is -2.26. The minimum atomic E-state index is -0.845. The number of hydrogen-bond donors (Lipinski definition) is 1. The maximum atomic E-state index is 13.6. The number of aliphatic hydroxyl groups excluding tert-OH is 1. The van der Waals surface area contributed by atoms with E-state index in [0.29, 0.717) is 48.2 Å². The van der Waals surface area contributed by atoms with Gasteiger partial charge in [-0.1, -0.05) is 26.0 Å². The summed E-state index contributed by atoms with van der Waals surface area (Å²) < 4.78 is 17.8. The largest absolute Gasteiger partial charge is 0.507 e. The Hall–Kier alpha value is -4.33. The third-order valence-electron chi connectivity index (χ3n) is 7.32. The molecule has 2 aromatic carbocycles. The lowest BCUT2D eigenvalue weighted by Crippen LogP contribution is -2.29. The van der Waals surface area contributed by atoms with Gasteiger partial charge in [0.05, 0.1) is 24.8 Å². The number of rotatable bonds is 10. The molecule has 0 spiro atoms. The van der Waals surface area contributed by atoms with Crippen LogP contribution in [0, 0.1) is 5.92 Å². The average molecular weight is 557 g/mol. The van der Waals surface area contributed by atoms with Crippen molar-refractivity contribution in [1.29, 1.82) is 0 Å². The Bertz CT molecular complexity index is 1470. The molecule has 41 heavy (non-hydrogen) atoms. The molecule has 8 nitrogen and oxygen atoms in total. The fourth-order valence-electron chi connectivity index (χ4n) is 5.29. The number of likely N-dealkylation sites (tertiary alicyclic amines) is 1. The quantitative estimate of drug-likeness (QED) is 0.190. The predicted octanol–water partition coefficient (Wildman–Crippen LogP) is 5.85. The molecule has 2 atom stereocenters. The van der Waals surface area contributed by atoms with Crippen molar-refractivity contribution in [3.05, 3.63) is 88.8 Å². The fraction of sp³-hybridized carbons (Fsp3) is 0.364. The van der Waals surface area contributed by atoms with Crippen LogP contribution in [-0.2, 0) is 22.6 Å². The lowest BCUT2D eigenvalue weighted by molar-refractivity contribution is -0.140. The van der Waals surface area contributed by atoms with Crippen molar-refractivity contribution in [3.8, 4) is 17.2 Å². The summed E-state index contributed by atoms with van der Waals surface area (Å²) in [6.45, 7) is 9.23. The predicted molar refractivity (Wildman–Crippen MR) is 155 cm³/mol. The number of ketones is 1. The smallest absolute Gasteiger partial charge is 0.295 e. The van der Waals surface area contributed by atoms with E-state index in [2.05, 4.69) is 18.8 Å². The van der Waals surface area contributed by atoms with Crippen LogP contribution in [0.1, 0.15) is 62.4 Å². The normalized spacial score (nSPS) is 19.4. The molecule has 5 rings (SSSR count). The van der Waals surface area contributed by atoms with Crippen LogP contribution in [0.4, 0.5) is 0 Å². The van der Waals surface area contributed by atoms with Gasteiger partial charge in [0.15, 0.2) is 11.5 Å². The molecular weight excluding hydrogens is 520 g/mol. The number of ether oxygens (including phenoxy) is 3. The van der Waals surface area contributed by atoms with Crippen LogP contribution in [0.15, 0.2) is 66.5 Å². The topological polar surface area (TPSA) is 98.2 Å². The number of fused-ring (bicyclic) bond motifs is 1. The molecule has 1 saturated heterocycles. The van der Waals surface area contributed by atoms with E-state index in [1.54, 1.807) is 42.7 Å². The number of carbonyl (C=O) groups excluding carboxylic acids is 2. The summed E-state index contributed by atoms with van der Waals surface area (Å²) in [5, 5.41) is 11.6. The monoisotopic (exact) mass is 556 g/mol. The Morgan fingerprint density at radius 1 is 1.12 bits per heavy atom. The summed E-state index contributed by atoms with van der Waals surface area (Å²) in [7, 11) is 0. The highest BCUT2D eigenvalue weighted by atomic mass is 16.5. The molecule has 0 bridgehead atoms. The average Bonchev–Trinajstić information content (AvgIpc) is 3.45. The molecule has 0 aliphatic carbocycles. The van der Waals surface area contributed by atoms with Crippen LogP contribution >= 0.6 is 0 Å². The first-order valence-corrected chi connectivity index (χ1v) is 14.1. The molecule has 214 valence electrons. The molecule has 0 saturated carbocycles. The maximum Gasteiger partial charge on any atom is 0.295 e. The van der Waals surface area contributed by atoms with E-state index >= 15 is 0 Å². The summed E-state index contributed by atoms with van der Waals surface area (Å²) >= 11 is 0. The van der Waals surface area contributed by atoms with Crippen LogP contribution in [-0.4, -0.2) is 46.0 Å². The molecule has 3 aromatic rings. The van der Waals surface area contributed by atoms with Crippen molar-refractivity contribution in [3.63, 3.8) is 0 Å². The van der Waals surface area contributed by atoms with Gasteiger partial charge in [0, 0.05) is 30.9 Å². The molecule has 1 amide bonds. The van der Waals surface area contributed by atoms with Gasteiger partial charge < -0.3 is 24.2 Å². The van der Waals surface area contributed by atoms with Crippen LogP contribution in [0.2, 0.25) is 0 Å². The number of aromatic nitrogens is 1. The van der Waals surface area contributed by atoms with Gasteiger partial charge in [-0.25, -0.2) is 0 Å². The molecule has 0 unspecified atom stereocenters. The van der Waals surface area contributed by atoms with Gasteiger partial charge in [0.1, 0.15) is 17.6 Å². The number of aliphatic hydroxyl groups is 1. The van der Waals surface area contributed by atoms with Crippen molar-refractivity contribution in [2.45, 2.75) is 59.2 Å².